The number of nitrogens with zero attached hydrogens (tertiary/aromatic N) is 1. The van der Waals surface area contributed by atoms with Crippen molar-refractivity contribution in [1.82, 2.24) is 4.31 Å². The van der Waals surface area contributed by atoms with Crippen LogP contribution in [0.3, 0.4) is 0 Å². The van der Waals surface area contributed by atoms with E-state index in [2.05, 4.69) is 19.2 Å². The van der Waals surface area contributed by atoms with Crippen LogP contribution in [-0.4, -0.2) is 37.3 Å². The van der Waals surface area contributed by atoms with Crippen molar-refractivity contribution in [1.29, 1.82) is 0 Å². The largest absolute Gasteiger partial charge is 0.324 e. The Balaban J connectivity index is 1.68. The zero-order valence-corrected chi connectivity index (χ0v) is 19.2. The van der Waals surface area contributed by atoms with Gasteiger partial charge in [0.25, 0.3) is 0 Å². The highest BCUT2D eigenvalue weighted by Gasteiger charge is 2.41. The summed E-state index contributed by atoms with van der Waals surface area (Å²) >= 11 is 0. The lowest BCUT2D eigenvalue weighted by Crippen LogP contribution is -2.58. The monoisotopic (exact) mass is 443 g/mol. The third kappa shape index (κ3) is 5.34. The van der Waals surface area contributed by atoms with Gasteiger partial charge in [-0.1, -0.05) is 50.6 Å². The van der Waals surface area contributed by atoms with Crippen molar-refractivity contribution in [2.24, 2.45) is 5.73 Å². The normalized spacial score (nSPS) is 16.7. The lowest BCUT2D eigenvalue weighted by Gasteiger charge is -2.37. The molecule has 1 fully saturated rings. The summed E-state index contributed by atoms with van der Waals surface area (Å²) < 4.78 is 28.0. The second-order valence-corrected chi connectivity index (χ2v) is 10.2. The third-order valence-electron chi connectivity index (χ3n) is 6.08. The standard InChI is InChI=1S/C24H33N3O3S/c1-3-5-8-20-9-6-7-10-22(20)31(29,30)27-17-15-24(25,16-18-27)23(28)26-21-13-11-19(4-2)12-14-21/h6-7,9-14H,3-5,8,15-18,25H2,1-2H3,(H,26,28). The number of nitrogens with one attached hydrogen (secondary N) is 1. The Kier molecular flexibility index (Phi) is 7.51. The Morgan fingerprint density at radius 3 is 2.32 bits per heavy atom. The summed E-state index contributed by atoms with van der Waals surface area (Å²) in [6.07, 6.45) is 4.17. The first-order valence-corrected chi connectivity index (χ1v) is 12.5. The number of anilines is 1. The molecule has 7 heteroatoms. The van der Waals surface area contributed by atoms with Gasteiger partial charge in [0.2, 0.25) is 15.9 Å². The minimum atomic E-state index is -3.62. The molecule has 1 aliphatic rings. The van der Waals surface area contributed by atoms with Gasteiger partial charge in [0, 0.05) is 18.8 Å². The van der Waals surface area contributed by atoms with Crippen molar-refractivity contribution in [3.63, 3.8) is 0 Å². The molecule has 168 valence electrons. The highest BCUT2D eigenvalue weighted by atomic mass is 32.2. The van der Waals surface area contributed by atoms with E-state index in [-0.39, 0.29) is 31.8 Å². The minimum Gasteiger partial charge on any atom is -0.324 e. The van der Waals surface area contributed by atoms with Gasteiger partial charge >= 0.3 is 0 Å². The fraction of sp³-hybridized carbons (Fsp3) is 0.458. The second kappa shape index (κ2) is 9.94. The van der Waals surface area contributed by atoms with Crippen molar-refractivity contribution < 1.29 is 13.2 Å². The lowest BCUT2D eigenvalue weighted by atomic mass is 9.88. The zero-order chi connectivity index (χ0) is 22.5. The van der Waals surface area contributed by atoms with Crippen LogP contribution in [0.4, 0.5) is 5.69 Å². The van der Waals surface area contributed by atoms with E-state index in [0.29, 0.717) is 10.6 Å². The molecule has 1 aliphatic heterocycles. The quantitative estimate of drug-likeness (QED) is 0.650. The SMILES string of the molecule is CCCCc1ccccc1S(=O)(=O)N1CCC(N)(C(=O)Nc2ccc(CC)cc2)CC1. The van der Waals surface area contributed by atoms with Gasteiger partial charge in [0.15, 0.2) is 0 Å². The topological polar surface area (TPSA) is 92.5 Å². The second-order valence-electron chi connectivity index (χ2n) is 8.28. The van der Waals surface area contributed by atoms with E-state index in [1.165, 1.54) is 9.87 Å². The highest BCUT2D eigenvalue weighted by Crippen LogP contribution is 2.28. The van der Waals surface area contributed by atoms with Crippen LogP contribution in [-0.2, 0) is 27.7 Å². The molecule has 0 unspecified atom stereocenters. The van der Waals surface area contributed by atoms with Crippen LogP contribution in [0.2, 0.25) is 0 Å². The van der Waals surface area contributed by atoms with Gasteiger partial charge in [-0.15, -0.1) is 0 Å². The fourth-order valence-electron chi connectivity index (χ4n) is 3.90. The number of unbranched alkanes of at least 4 members (excludes halogenated alkanes) is 1. The average molecular weight is 444 g/mol. The molecule has 3 N–H and O–H groups in total. The van der Waals surface area contributed by atoms with Crippen LogP contribution in [0.15, 0.2) is 53.4 Å². The van der Waals surface area contributed by atoms with Gasteiger partial charge in [0.1, 0.15) is 0 Å². The molecule has 2 aromatic carbocycles. The predicted octanol–water partition coefficient (Wildman–Crippen LogP) is 3.71. The number of nitrogens with two attached hydrogens (primary N) is 1. The lowest BCUT2D eigenvalue weighted by molar-refractivity contribution is -0.122. The maximum atomic E-state index is 13.3. The molecule has 2 aromatic rings. The van der Waals surface area contributed by atoms with E-state index in [9.17, 15) is 13.2 Å². The molecule has 0 saturated carbocycles. The number of piperidine rings is 1. The van der Waals surface area contributed by atoms with Gasteiger partial charge in [-0.25, -0.2) is 8.42 Å². The van der Waals surface area contributed by atoms with Gasteiger partial charge in [-0.2, -0.15) is 4.31 Å². The van der Waals surface area contributed by atoms with Crippen molar-refractivity contribution in [3.05, 3.63) is 59.7 Å². The summed E-state index contributed by atoms with van der Waals surface area (Å²) in [5.41, 5.74) is 8.07. The Bertz CT molecular complexity index is 995. The van der Waals surface area contributed by atoms with Crippen LogP contribution in [0.1, 0.15) is 50.7 Å². The maximum Gasteiger partial charge on any atom is 0.244 e. The van der Waals surface area contributed by atoms with Gasteiger partial charge in [0.05, 0.1) is 10.4 Å². The first-order valence-electron chi connectivity index (χ1n) is 11.1. The van der Waals surface area contributed by atoms with Crippen molar-refractivity contribution >= 4 is 21.6 Å². The summed E-state index contributed by atoms with van der Waals surface area (Å²) in [6.45, 7) is 4.62. The Labute approximate surface area is 185 Å². The average Bonchev–Trinajstić information content (AvgIpc) is 2.78. The van der Waals surface area contributed by atoms with Crippen LogP contribution < -0.4 is 11.1 Å². The number of hydrogen-bond acceptors (Lipinski definition) is 4. The molecule has 1 heterocycles. The molecule has 1 amide bonds. The number of aryl methyl sites for hydroxylation is 2. The molecule has 0 aliphatic carbocycles. The Morgan fingerprint density at radius 2 is 1.71 bits per heavy atom. The number of hydrogen-bond donors (Lipinski definition) is 2. The summed E-state index contributed by atoms with van der Waals surface area (Å²) in [7, 11) is -3.62. The van der Waals surface area contributed by atoms with Crippen LogP contribution in [0, 0.1) is 0 Å². The van der Waals surface area contributed by atoms with Crippen molar-refractivity contribution in [3.8, 4) is 0 Å². The smallest absolute Gasteiger partial charge is 0.244 e. The molecule has 0 aromatic heterocycles. The van der Waals surface area contributed by atoms with Crippen LogP contribution in [0.5, 0.6) is 0 Å². The molecule has 3 rings (SSSR count). The van der Waals surface area contributed by atoms with Gasteiger partial charge < -0.3 is 11.1 Å². The number of sulfonamides is 1. The van der Waals surface area contributed by atoms with Gasteiger partial charge in [-0.05, 0) is 61.4 Å². The molecule has 0 radical (unpaired) electrons. The molecule has 0 atom stereocenters. The first-order chi connectivity index (χ1) is 14.8. The maximum absolute atomic E-state index is 13.3. The number of rotatable bonds is 8. The number of benzene rings is 2. The molecule has 1 saturated heterocycles. The Morgan fingerprint density at radius 1 is 1.06 bits per heavy atom. The van der Waals surface area contributed by atoms with Crippen molar-refractivity contribution in [2.45, 2.75) is 62.8 Å². The summed E-state index contributed by atoms with van der Waals surface area (Å²) in [6, 6.07) is 14.9. The van der Waals surface area contributed by atoms with E-state index in [1.807, 2.05) is 36.4 Å². The third-order valence-corrected chi connectivity index (χ3v) is 8.08. The van der Waals surface area contributed by atoms with Gasteiger partial charge in [-0.3, -0.25) is 4.79 Å². The van der Waals surface area contributed by atoms with E-state index in [0.717, 1.165) is 31.2 Å². The fourth-order valence-corrected chi connectivity index (χ4v) is 5.59. The van der Waals surface area contributed by atoms with Crippen molar-refractivity contribution in [2.75, 3.05) is 18.4 Å². The number of carbonyl (C=O) groups excluding carboxylic acids is 1. The first kappa shape index (κ1) is 23.4. The van der Waals surface area contributed by atoms with Crippen LogP contribution in [0.25, 0.3) is 0 Å². The predicted molar refractivity (Wildman–Crippen MR) is 124 cm³/mol. The molecule has 31 heavy (non-hydrogen) atoms. The number of carbonyl (C=O) groups is 1. The van der Waals surface area contributed by atoms with E-state index in [1.54, 1.807) is 12.1 Å². The zero-order valence-electron chi connectivity index (χ0n) is 18.4. The van der Waals surface area contributed by atoms with Crippen LogP contribution >= 0.6 is 0 Å². The molecular weight excluding hydrogens is 410 g/mol. The summed E-state index contributed by atoms with van der Waals surface area (Å²) in [5, 5.41) is 2.89. The molecular formula is C24H33N3O3S. The molecule has 6 nitrogen and oxygen atoms in total. The minimum absolute atomic E-state index is 0.225. The molecule has 0 spiro atoms. The molecule has 0 bridgehead atoms. The van der Waals surface area contributed by atoms with E-state index < -0.39 is 15.6 Å². The summed E-state index contributed by atoms with van der Waals surface area (Å²) in [5.74, 6) is -0.267. The van der Waals surface area contributed by atoms with E-state index in [4.69, 9.17) is 5.73 Å². The number of amides is 1. The summed E-state index contributed by atoms with van der Waals surface area (Å²) in [4.78, 5) is 13.2. The Hall–Kier alpha value is -2.22. The van der Waals surface area contributed by atoms with E-state index >= 15 is 0 Å². The highest BCUT2D eigenvalue weighted by molar-refractivity contribution is 7.89.